The van der Waals surface area contributed by atoms with Gasteiger partial charge in [-0.1, -0.05) is 16.8 Å². The highest BCUT2D eigenvalue weighted by molar-refractivity contribution is 6.30. The summed E-state index contributed by atoms with van der Waals surface area (Å²) in [6.07, 6.45) is 0. The third-order valence-electron chi connectivity index (χ3n) is 3.18. The van der Waals surface area contributed by atoms with E-state index in [0.717, 1.165) is 5.56 Å². The first-order valence-corrected chi connectivity index (χ1v) is 6.60. The van der Waals surface area contributed by atoms with E-state index in [2.05, 4.69) is 5.16 Å². The highest BCUT2D eigenvalue weighted by atomic mass is 35.5. The zero-order valence-corrected chi connectivity index (χ0v) is 13.3. The Balaban J connectivity index is 0.00000220. The van der Waals surface area contributed by atoms with Gasteiger partial charge < -0.3 is 15.2 Å². The third kappa shape index (κ3) is 3.97. The average molecular weight is 330 g/mol. The monoisotopic (exact) mass is 329 g/mol. The van der Waals surface area contributed by atoms with E-state index in [1.165, 1.54) is 0 Å². The van der Waals surface area contributed by atoms with Crippen molar-refractivity contribution in [2.75, 3.05) is 13.6 Å². The zero-order chi connectivity index (χ0) is 14.7. The van der Waals surface area contributed by atoms with Crippen LogP contribution in [0.5, 0.6) is 0 Å². The van der Waals surface area contributed by atoms with Crippen LogP contribution in [0.1, 0.15) is 17.4 Å². The molecule has 21 heavy (non-hydrogen) atoms. The number of carbonyl (C=O) groups is 1. The smallest absolute Gasteiger partial charge is 0.276 e. The second kappa shape index (κ2) is 7.45. The Bertz CT molecular complexity index is 599. The van der Waals surface area contributed by atoms with Gasteiger partial charge in [-0.05, 0) is 31.2 Å². The number of aromatic nitrogens is 1. The van der Waals surface area contributed by atoms with Crippen molar-refractivity contribution >= 4 is 29.9 Å². The standard InChI is InChI=1S/C14H16ClN3O2.ClH/c1-9(8-16)18(2)14(19)12-7-13(20-17-12)10-3-5-11(15)6-4-10;/h3-7,9H,8,16H2,1-2H3;1H. The van der Waals surface area contributed by atoms with Crippen molar-refractivity contribution in [3.05, 3.63) is 41.0 Å². The Morgan fingerprint density at radius 3 is 2.62 bits per heavy atom. The number of carbonyl (C=O) groups excluding carboxylic acids is 1. The largest absolute Gasteiger partial charge is 0.355 e. The molecule has 0 radical (unpaired) electrons. The average Bonchev–Trinajstić information content (AvgIpc) is 2.95. The molecule has 1 atom stereocenters. The second-order valence-electron chi connectivity index (χ2n) is 4.58. The van der Waals surface area contributed by atoms with Crippen LogP contribution in [0.2, 0.25) is 5.02 Å². The van der Waals surface area contributed by atoms with Gasteiger partial charge in [0.25, 0.3) is 5.91 Å². The van der Waals surface area contributed by atoms with Gasteiger partial charge in [-0.3, -0.25) is 4.79 Å². The summed E-state index contributed by atoms with van der Waals surface area (Å²) in [6.45, 7) is 2.27. The van der Waals surface area contributed by atoms with Crippen LogP contribution < -0.4 is 5.73 Å². The van der Waals surface area contributed by atoms with Crippen molar-refractivity contribution in [2.24, 2.45) is 5.73 Å². The summed E-state index contributed by atoms with van der Waals surface area (Å²) >= 11 is 5.83. The van der Waals surface area contributed by atoms with E-state index in [1.54, 1.807) is 30.1 Å². The minimum Gasteiger partial charge on any atom is -0.355 e. The summed E-state index contributed by atoms with van der Waals surface area (Å²) in [5.41, 5.74) is 6.63. The Kier molecular flexibility index (Phi) is 6.20. The van der Waals surface area contributed by atoms with Gasteiger partial charge >= 0.3 is 0 Å². The number of hydrogen-bond donors (Lipinski definition) is 1. The van der Waals surface area contributed by atoms with Gasteiger partial charge in [0, 0.05) is 36.3 Å². The molecule has 0 spiro atoms. The quantitative estimate of drug-likeness (QED) is 0.936. The zero-order valence-electron chi connectivity index (χ0n) is 11.7. The fraction of sp³-hybridized carbons (Fsp3) is 0.286. The normalized spacial score (nSPS) is 11.6. The van der Waals surface area contributed by atoms with E-state index >= 15 is 0 Å². The highest BCUT2D eigenvalue weighted by Crippen LogP contribution is 2.22. The van der Waals surface area contributed by atoms with Crippen molar-refractivity contribution in [1.29, 1.82) is 0 Å². The van der Waals surface area contributed by atoms with E-state index < -0.39 is 0 Å². The summed E-state index contributed by atoms with van der Waals surface area (Å²) in [5, 5.41) is 4.45. The number of nitrogens with two attached hydrogens (primary N) is 1. The molecular formula is C14H17Cl2N3O2. The fourth-order valence-electron chi connectivity index (χ4n) is 1.67. The third-order valence-corrected chi connectivity index (χ3v) is 3.43. The Hall–Kier alpha value is -1.56. The first-order valence-electron chi connectivity index (χ1n) is 6.22. The van der Waals surface area contributed by atoms with E-state index in [-0.39, 0.29) is 30.0 Å². The maximum absolute atomic E-state index is 12.2. The SMILES string of the molecule is CC(CN)N(C)C(=O)c1cc(-c2ccc(Cl)cc2)on1.Cl. The molecule has 2 N–H and O–H groups in total. The molecule has 0 saturated heterocycles. The van der Waals surface area contributed by atoms with Crippen LogP contribution in [0, 0.1) is 0 Å². The highest BCUT2D eigenvalue weighted by Gasteiger charge is 2.20. The number of halogens is 2. The lowest BCUT2D eigenvalue weighted by Gasteiger charge is -2.22. The van der Waals surface area contributed by atoms with E-state index in [9.17, 15) is 4.79 Å². The molecule has 2 aromatic rings. The molecule has 1 aromatic carbocycles. The molecule has 2 rings (SSSR count). The second-order valence-corrected chi connectivity index (χ2v) is 5.02. The van der Waals surface area contributed by atoms with Gasteiger partial charge in [-0.15, -0.1) is 12.4 Å². The van der Waals surface area contributed by atoms with Crippen molar-refractivity contribution < 1.29 is 9.32 Å². The molecule has 114 valence electrons. The van der Waals surface area contributed by atoms with Crippen LogP contribution in [0.15, 0.2) is 34.9 Å². The van der Waals surface area contributed by atoms with E-state index in [0.29, 0.717) is 17.3 Å². The van der Waals surface area contributed by atoms with Gasteiger partial charge in [0.05, 0.1) is 0 Å². The predicted octanol–water partition coefficient (Wildman–Crippen LogP) is 2.84. The number of rotatable bonds is 4. The van der Waals surface area contributed by atoms with Crippen LogP contribution in [-0.4, -0.2) is 35.6 Å². The number of amides is 1. The van der Waals surface area contributed by atoms with Crippen LogP contribution in [-0.2, 0) is 0 Å². The Morgan fingerprint density at radius 2 is 2.05 bits per heavy atom. The summed E-state index contributed by atoms with van der Waals surface area (Å²) in [6, 6.07) is 8.68. The summed E-state index contributed by atoms with van der Waals surface area (Å²) in [5.74, 6) is 0.311. The lowest BCUT2D eigenvalue weighted by atomic mass is 10.1. The van der Waals surface area contributed by atoms with Crippen molar-refractivity contribution in [2.45, 2.75) is 13.0 Å². The number of likely N-dealkylation sites (N-methyl/N-ethyl adjacent to an activating group) is 1. The summed E-state index contributed by atoms with van der Waals surface area (Å²) < 4.78 is 5.20. The minimum atomic E-state index is -0.216. The van der Waals surface area contributed by atoms with E-state index in [4.69, 9.17) is 21.9 Å². The molecule has 0 fully saturated rings. The molecule has 1 unspecified atom stereocenters. The topological polar surface area (TPSA) is 72.4 Å². The predicted molar refractivity (Wildman–Crippen MR) is 84.8 cm³/mol. The molecule has 0 saturated carbocycles. The van der Waals surface area contributed by atoms with Crippen molar-refractivity contribution in [1.82, 2.24) is 10.1 Å². The minimum absolute atomic E-state index is 0. The Labute approximate surface area is 134 Å². The van der Waals surface area contributed by atoms with Crippen LogP contribution in [0.4, 0.5) is 0 Å². The number of nitrogens with zero attached hydrogens (tertiary/aromatic N) is 2. The molecule has 0 aliphatic carbocycles. The maximum Gasteiger partial charge on any atom is 0.276 e. The molecule has 0 bridgehead atoms. The first kappa shape index (κ1) is 17.5. The number of benzene rings is 1. The fourth-order valence-corrected chi connectivity index (χ4v) is 1.79. The van der Waals surface area contributed by atoms with Crippen LogP contribution in [0.25, 0.3) is 11.3 Å². The summed E-state index contributed by atoms with van der Waals surface area (Å²) in [4.78, 5) is 13.7. The lowest BCUT2D eigenvalue weighted by Crippen LogP contribution is -2.39. The molecule has 1 aromatic heterocycles. The van der Waals surface area contributed by atoms with E-state index in [1.807, 2.05) is 19.1 Å². The van der Waals surface area contributed by atoms with Crippen molar-refractivity contribution in [3.8, 4) is 11.3 Å². The van der Waals surface area contributed by atoms with Gasteiger partial charge in [0.1, 0.15) is 0 Å². The molecule has 0 aliphatic heterocycles. The lowest BCUT2D eigenvalue weighted by molar-refractivity contribution is 0.0738. The Morgan fingerprint density at radius 1 is 1.43 bits per heavy atom. The molecule has 1 heterocycles. The molecule has 5 nitrogen and oxygen atoms in total. The molecule has 1 amide bonds. The first-order chi connectivity index (χ1) is 9.52. The maximum atomic E-state index is 12.2. The van der Waals surface area contributed by atoms with Gasteiger partial charge in [-0.2, -0.15) is 0 Å². The van der Waals surface area contributed by atoms with Crippen LogP contribution in [0.3, 0.4) is 0 Å². The van der Waals surface area contributed by atoms with Crippen molar-refractivity contribution in [3.63, 3.8) is 0 Å². The van der Waals surface area contributed by atoms with Gasteiger partial charge in [0.2, 0.25) is 0 Å². The van der Waals surface area contributed by atoms with Gasteiger partial charge in [-0.25, -0.2) is 0 Å². The molecular weight excluding hydrogens is 313 g/mol. The molecule has 7 heteroatoms. The molecule has 0 aliphatic rings. The van der Waals surface area contributed by atoms with Gasteiger partial charge in [0.15, 0.2) is 11.5 Å². The van der Waals surface area contributed by atoms with Crippen LogP contribution >= 0.6 is 24.0 Å². The summed E-state index contributed by atoms with van der Waals surface area (Å²) in [7, 11) is 1.69. The number of hydrogen-bond acceptors (Lipinski definition) is 4.